The molecule has 0 rings (SSSR count). The normalized spacial score (nSPS) is 16.9. The minimum atomic E-state index is -1.33. The van der Waals surface area contributed by atoms with E-state index < -0.39 is 72.3 Å². The predicted molar refractivity (Wildman–Crippen MR) is 105 cm³/mol. The van der Waals surface area contributed by atoms with Crippen LogP contribution >= 0.6 is 0 Å². The van der Waals surface area contributed by atoms with Gasteiger partial charge in [-0.25, -0.2) is 4.79 Å². The zero-order valence-corrected chi connectivity index (χ0v) is 17.5. The summed E-state index contributed by atoms with van der Waals surface area (Å²) in [6, 6.07) is -4.96. The molecule has 8 N–H and O–H groups in total. The van der Waals surface area contributed by atoms with Crippen LogP contribution in [-0.2, 0) is 24.0 Å². The van der Waals surface area contributed by atoms with E-state index in [9.17, 15) is 34.2 Å². The summed E-state index contributed by atoms with van der Waals surface area (Å²) in [5.74, 6) is -5.31. The fraction of sp³-hybridized carbons (Fsp3) is 0.722. The van der Waals surface area contributed by atoms with Gasteiger partial charge in [0.15, 0.2) is 0 Å². The van der Waals surface area contributed by atoms with Gasteiger partial charge in [-0.3, -0.25) is 19.2 Å². The van der Waals surface area contributed by atoms with Gasteiger partial charge in [0.1, 0.15) is 24.2 Å². The lowest BCUT2D eigenvalue weighted by molar-refractivity contribution is -0.144. The number of carbonyl (C=O) groups excluding carboxylic acids is 3. The standard InChI is InChI=1S/C18H32N4O8/c1-5-8(2)14(18(29)30)22-16(27)11(6-7-12(24)25)21-15(26)9(3)20-17(28)13(19)10(4)23/h8-11,13-14,23H,5-7,19H2,1-4H3,(H,20,28)(H,21,26)(H,22,27)(H,24,25)(H,29,30)/t8-,9-,10+,11-,13-,14-/m0/s1. The van der Waals surface area contributed by atoms with Crippen molar-refractivity contribution in [2.24, 2.45) is 11.7 Å². The summed E-state index contributed by atoms with van der Waals surface area (Å²) in [7, 11) is 0. The molecule has 30 heavy (non-hydrogen) atoms. The van der Waals surface area contributed by atoms with Crippen molar-refractivity contribution < 1.29 is 39.3 Å². The topological polar surface area (TPSA) is 208 Å². The number of hydrogen-bond donors (Lipinski definition) is 7. The van der Waals surface area contributed by atoms with E-state index in [1.165, 1.54) is 13.8 Å². The van der Waals surface area contributed by atoms with Gasteiger partial charge in [0.25, 0.3) is 0 Å². The van der Waals surface area contributed by atoms with Crippen LogP contribution in [0.2, 0.25) is 0 Å². The van der Waals surface area contributed by atoms with Crippen LogP contribution in [0.5, 0.6) is 0 Å². The molecule has 0 heterocycles. The fourth-order valence-electron chi connectivity index (χ4n) is 2.36. The Kier molecular flexibility index (Phi) is 11.6. The number of carbonyl (C=O) groups is 5. The second-order valence-electron chi connectivity index (χ2n) is 7.20. The van der Waals surface area contributed by atoms with Crippen molar-refractivity contribution >= 4 is 29.7 Å². The minimum Gasteiger partial charge on any atom is -0.481 e. The molecule has 0 saturated heterocycles. The van der Waals surface area contributed by atoms with E-state index in [2.05, 4.69) is 16.0 Å². The van der Waals surface area contributed by atoms with Crippen molar-refractivity contribution in [2.75, 3.05) is 0 Å². The number of carboxylic acids is 2. The first-order valence-electron chi connectivity index (χ1n) is 9.61. The number of amides is 3. The van der Waals surface area contributed by atoms with Gasteiger partial charge < -0.3 is 37.0 Å². The molecule has 0 aromatic carbocycles. The molecule has 0 aromatic heterocycles. The van der Waals surface area contributed by atoms with Crippen LogP contribution in [0.25, 0.3) is 0 Å². The molecule has 0 aliphatic heterocycles. The average Bonchev–Trinajstić information content (AvgIpc) is 2.66. The van der Waals surface area contributed by atoms with Crippen molar-refractivity contribution in [3.8, 4) is 0 Å². The summed E-state index contributed by atoms with van der Waals surface area (Å²) >= 11 is 0. The Morgan fingerprint density at radius 3 is 1.90 bits per heavy atom. The summed E-state index contributed by atoms with van der Waals surface area (Å²) in [5, 5.41) is 34.5. The molecule has 0 radical (unpaired) electrons. The van der Waals surface area contributed by atoms with E-state index in [1.54, 1.807) is 13.8 Å². The molecule has 6 atom stereocenters. The molecule has 0 unspecified atom stereocenters. The molecule has 0 fully saturated rings. The summed E-state index contributed by atoms with van der Waals surface area (Å²) in [6.45, 7) is 6.00. The van der Waals surface area contributed by atoms with Crippen LogP contribution < -0.4 is 21.7 Å². The molecule has 0 bridgehead atoms. The van der Waals surface area contributed by atoms with Gasteiger partial charge in [-0.15, -0.1) is 0 Å². The number of aliphatic hydroxyl groups is 1. The van der Waals surface area contributed by atoms with E-state index in [0.717, 1.165) is 0 Å². The number of carboxylic acid groups (broad SMARTS) is 2. The van der Waals surface area contributed by atoms with E-state index in [4.69, 9.17) is 10.8 Å². The molecule has 0 aliphatic rings. The lowest BCUT2D eigenvalue weighted by atomic mass is 9.98. The van der Waals surface area contributed by atoms with Crippen LogP contribution in [0.4, 0.5) is 0 Å². The number of hydrogen-bond acceptors (Lipinski definition) is 7. The highest BCUT2D eigenvalue weighted by molar-refractivity contribution is 5.94. The summed E-state index contributed by atoms with van der Waals surface area (Å²) < 4.78 is 0. The number of nitrogens with two attached hydrogens (primary N) is 1. The zero-order valence-electron chi connectivity index (χ0n) is 17.5. The van der Waals surface area contributed by atoms with Crippen molar-refractivity contribution in [3.63, 3.8) is 0 Å². The summed E-state index contributed by atoms with van der Waals surface area (Å²) in [4.78, 5) is 59.1. The lowest BCUT2D eigenvalue weighted by Gasteiger charge is -2.25. The van der Waals surface area contributed by atoms with E-state index in [-0.39, 0.29) is 6.42 Å². The second-order valence-corrected chi connectivity index (χ2v) is 7.20. The molecule has 172 valence electrons. The minimum absolute atomic E-state index is 0.284. The average molecular weight is 432 g/mol. The molecular weight excluding hydrogens is 400 g/mol. The van der Waals surface area contributed by atoms with E-state index in [0.29, 0.717) is 6.42 Å². The quantitative estimate of drug-likeness (QED) is 0.174. The van der Waals surface area contributed by atoms with Crippen LogP contribution in [0.15, 0.2) is 0 Å². The Morgan fingerprint density at radius 1 is 0.900 bits per heavy atom. The Balaban J connectivity index is 5.25. The van der Waals surface area contributed by atoms with Gasteiger partial charge in [-0.2, -0.15) is 0 Å². The largest absolute Gasteiger partial charge is 0.481 e. The third-order valence-corrected chi connectivity index (χ3v) is 4.63. The van der Waals surface area contributed by atoms with Gasteiger partial charge >= 0.3 is 11.9 Å². The Hall–Kier alpha value is -2.73. The second kappa shape index (κ2) is 12.8. The van der Waals surface area contributed by atoms with Crippen molar-refractivity contribution in [3.05, 3.63) is 0 Å². The van der Waals surface area contributed by atoms with Crippen LogP contribution in [-0.4, -0.2) is 75.3 Å². The fourth-order valence-corrected chi connectivity index (χ4v) is 2.36. The predicted octanol–water partition coefficient (Wildman–Crippen LogP) is -1.84. The Bertz CT molecular complexity index is 640. The Labute approximate surface area is 174 Å². The molecule has 0 aromatic rings. The highest BCUT2D eigenvalue weighted by Gasteiger charge is 2.31. The van der Waals surface area contributed by atoms with Gasteiger partial charge in [-0.1, -0.05) is 20.3 Å². The smallest absolute Gasteiger partial charge is 0.326 e. The van der Waals surface area contributed by atoms with Crippen LogP contribution in [0, 0.1) is 5.92 Å². The number of nitrogens with one attached hydrogen (secondary N) is 3. The molecular formula is C18H32N4O8. The first-order valence-corrected chi connectivity index (χ1v) is 9.61. The van der Waals surface area contributed by atoms with Crippen molar-refractivity contribution in [1.29, 1.82) is 0 Å². The number of aliphatic hydroxyl groups excluding tert-OH is 1. The van der Waals surface area contributed by atoms with Crippen molar-refractivity contribution in [1.82, 2.24) is 16.0 Å². The third kappa shape index (κ3) is 9.18. The van der Waals surface area contributed by atoms with Gasteiger partial charge in [0, 0.05) is 6.42 Å². The lowest BCUT2D eigenvalue weighted by Crippen LogP contribution is -2.57. The van der Waals surface area contributed by atoms with Crippen LogP contribution in [0.3, 0.4) is 0 Å². The number of aliphatic carboxylic acids is 2. The highest BCUT2D eigenvalue weighted by atomic mass is 16.4. The van der Waals surface area contributed by atoms with Gasteiger partial charge in [0.2, 0.25) is 17.7 Å². The highest BCUT2D eigenvalue weighted by Crippen LogP contribution is 2.09. The first-order chi connectivity index (χ1) is 13.8. The summed E-state index contributed by atoms with van der Waals surface area (Å²) in [6.07, 6.45) is -1.42. The van der Waals surface area contributed by atoms with Crippen molar-refractivity contribution in [2.45, 2.75) is 77.2 Å². The van der Waals surface area contributed by atoms with Crippen LogP contribution in [0.1, 0.15) is 47.0 Å². The maximum absolute atomic E-state index is 12.5. The maximum Gasteiger partial charge on any atom is 0.326 e. The molecule has 0 saturated carbocycles. The molecule has 0 spiro atoms. The molecule has 12 heteroatoms. The zero-order chi connectivity index (χ0) is 23.6. The maximum atomic E-state index is 12.5. The molecule has 3 amide bonds. The third-order valence-electron chi connectivity index (χ3n) is 4.63. The molecule has 0 aliphatic carbocycles. The SMILES string of the molecule is CC[C@H](C)[C@H](NC(=O)[C@H](CCC(=O)O)NC(=O)[C@H](C)NC(=O)[C@@H](N)[C@@H](C)O)C(=O)O. The Morgan fingerprint density at radius 2 is 1.47 bits per heavy atom. The first kappa shape index (κ1) is 27.3. The van der Waals surface area contributed by atoms with E-state index >= 15 is 0 Å². The molecule has 12 nitrogen and oxygen atoms in total. The van der Waals surface area contributed by atoms with Gasteiger partial charge in [0.05, 0.1) is 6.10 Å². The number of rotatable bonds is 13. The monoisotopic (exact) mass is 432 g/mol. The van der Waals surface area contributed by atoms with E-state index in [1.807, 2.05) is 0 Å². The summed E-state index contributed by atoms with van der Waals surface area (Å²) in [5.41, 5.74) is 5.48. The van der Waals surface area contributed by atoms with Gasteiger partial charge in [-0.05, 0) is 26.2 Å².